The van der Waals surface area contributed by atoms with Gasteiger partial charge >= 0.3 is 35.0 Å². The van der Waals surface area contributed by atoms with Crippen LogP contribution < -0.4 is 10.6 Å². The van der Waals surface area contributed by atoms with Crippen LogP contribution in [0.2, 0.25) is 0 Å². The molecule has 0 radical (unpaired) electrons. The van der Waals surface area contributed by atoms with E-state index in [-0.39, 0.29) is 26.3 Å². The molecule has 0 saturated carbocycles. The van der Waals surface area contributed by atoms with E-state index in [9.17, 15) is 9.79 Å². The maximum atomic E-state index is 9.92. The molecule has 0 aliphatic rings. The van der Waals surface area contributed by atoms with E-state index in [0.29, 0.717) is 0 Å². The fourth-order valence-corrected chi connectivity index (χ4v) is 4.37. The van der Waals surface area contributed by atoms with Crippen LogP contribution in [0.25, 0.3) is 0 Å². The van der Waals surface area contributed by atoms with Crippen LogP contribution >= 0.6 is 35.4 Å². The van der Waals surface area contributed by atoms with Crippen molar-refractivity contribution in [2.45, 2.75) is 51.9 Å². The monoisotopic (exact) mass is 540 g/mol. The summed E-state index contributed by atoms with van der Waals surface area (Å²) in [6.45, 7) is 12.4. The van der Waals surface area contributed by atoms with Gasteiger partial charge in [-0.2, -0.15) is 0 Å². The van der Waals surface area contributed by atoms with Crippen molar-refractivity contribution in [3.05, 3.63) is 60.7 Å². The molecule has 0 heterocycles. The summed E-state index contributed by atoms with van der Waals surface area (Å²) in [7, 11) is 7.59. The average Bonchev–Trinajstić information content (AvgIpc) is 2.61. The molecule has 156 valence electrons. The van der Waals surface area contributed by atoms with Gasteiger partial charge in [-0.25, -0.2) is 0 Å². The van der Waals surface area contributed by atoms with E-state index in [1.54, 1.807) is 0 Å². The second-order valence-electron chi connectivity index (χ2n) is 7.68. The molecule has 0 aromatic heterocycles. The molecule has 2 aromatic rings. The molecule has 0 unspecified atom stereocenters. The van der Waals surface area contributed by atoms with Crippen LogP contribution in [0.4, 0.5) is 0 Å². The zero-order valence-electron chi connectivity index (χ0n) is 16.6. The van der Waals surface area contributed by atoms with Gasteiger partial charge in [-0.3, -0.25) is 0 Å². The first-order valence-corrected chi connectivity index (χ1v) is 14.9. The quantitative estimate of drug-likeness (QED) is 0.342. The summed E-state index contributed by atoms with van der Waals surface area (Å²) in [6.07, 6.45) is 0. The first kappa shape index (κ1) is 27.5. The second kappa shape index (κ2) is 13.6. The summed E-state index contributed by atoms with van der Waals surface area (Å²) in [5.41, 5.74) is 0. The van der Waals surface area contributed by atoms with E-state index in [1.807, 2.05) is 60.7 Å². The van der Waals surface area contributed by atoms with E-state index in [2.05, 4.69) is 41.5 Å². The number of hydrogen-bond acceptors (Lipinski definition) is 2. The van der Waals surface area contributed by atoms with Gasteiger partial charge in [0.2, 0.25) is 0 Å². The summed E-state index contributed by atoms with van der Waals surface area (Å²) >= 11 is -0.106. The topological polar surface area (TPSA) is 40.5 Å². The fourth-order valence-electron chi connectivity index (χ4n) is 1.91. The van der Waals surface area contributed by atoms with Crippen LogP contribution in [0.1, 0.15) is 41.5 Å². The summed E-state index contributed by atoms with van der Waals surface area (Å²) in [6, 6.07) is 19.7. The van der Waals surface area contributed by atoms with Crippen LogP contribution in [0.15, 0.2) is 60.7 Å². The van der Waals surface area contributed by atoms with Gasteiger partial charge in [-0.05, 0) is 0 Å². The van der Waals surface area contributed by atoms with Crippen molar-refractivity contribution >= 4 is 46.0 Å². The third kappa shape index (κ3) is 11.9. The van der Waals surface area contributed by atoms with Crippen LogP contribution in [0, 0.1) is 0 Å². The van der Waals surface area contributed by atoms with Crippen molar-refractivity contribution in [2.24, 2.45) is 0 Å². The van der Waals surface area contributed by atoms with Crippen LogP contribution in [0.3, 0.4) is 0 Å². The van der Waals surface area contributed by atoms with Crippen LogP contribution in [-0.4, -0.2) is 20.1 Å². The van der Waals surface area contributed by atoms with Gasteiger partial charge in [0.15, 0.2) is 0 Å². The first-order valence-electron chi connectivity index (χ1n) is 8.35. The Labute approximate surface area is 183 Å². The summed E-state index contributed by atoms with van der Waals surface area (Å²) in [5.74, 6) is 0. The van der Waals surface area contributed by atoms with Crippen molar-refractivity contribution in [3.63, 3.8) is 0 Å². The van der Waals surface area contributed by atoms with E-state index in [0.717, 1.165) is 10.6 Å². The van der Waals surface area contributed by atoms with Gasteiger partial charge in [0.05, 0.1) is 16.3 Å². The molecule has 2 N–H and O–H groups in total. The normalized spacial score (nSPS) is 13.6. The number of hydrogen-bond donors (Lipinski definition) is 2. The van der Waals surface area contributed by atoms with Gasteiger partial charge < -0.3 is 9.79 Å². The molecule has 0 bridgehead atoms. The van der Waals surface area contributed by atoms with Crippen molar-refractivity contribution in [3.8, 4) is 0 Å². The fraction of sp³-hybridized carbons (Fsp3) is 0.400. The molecular formula is C20H30Cl2O2P2Pd. The molecule has 0 spiro atoms. The van der Waals surface area contributed by atoms with Gasteiger partial charge in [0, 0.05) is 20.9 Å². The molecule has 0 aliphatic heterocycles. The molecule has 2 aromatic carbocycles. The van der Waals surface area contributed by atoms with Crippen molar-refractivity contribution in [1.29, 1.82) is 0 Å². The van der Waals surface area contributed by atoms with E-state index in [4.69, 9.17) is 19.1 Å². The van der Waals surface area contributed by atoms with Gasteiger partial charge in [0.1, 0.15) is 0 Å². The minimum absolute atomic E-state index is 0.0172. The predicted octanol–water partition coefficient (Wildman–Crippen LogP) is 6.38. The molecule has 7 heteroatoms. The van der Waals surface area contributed by atoms with Crippen LogP contribution in [-0.2, 0) is 15.9 Å². The van der Waals surface area contributed by atoms with Crippen molar-refractivity contribution in [1.82, 2.24) is 0 Å². The maximum absolute atomic E-state index is 9.92. The molecule has 0 saturated heterocycles. The number of halogens is 2. The number of rotatable bonds is 2. The van der Waals surface area contributed by atoms with Gasteiger partial charge in [0.25, 0.3) is 0 Å². The predicted molar refractivity (Wildman–Crippen MR) is 122 cm³/mol. The van der Waals surface area contributed by atoms with Crippen molar-refractivity contribution < 1.29 is 25.7 Å². The Morgan fingerprint density at radius 2 is 0.852 bits per heavy atom. The summed E-state index contributed by atoms with van der Waals surface area (Å²) in [4.78, 5) is 19.8. The molecule has 0 aliphatic carbocycles. The van der Waals surface area contributed by atoms with E-state index in [1.165, 1.54) is 0 Å². The molecule has 2 nitrogen and oxygen atoms in total. The Bertz CT molecular complexity index is 562. The zero-order chi connectivity index (χ0) is 21.1. The second-order valence-corrected chi connectivity index (χ2v) is 15.0. The Morgan fingerprint density at radius 3 is 1.04 bits per heavy atom. The molecule has 2 atom stereocenters. The molecule has 0 amide bonds. The van der Waals surface area contributed by atoms with E-state index >= 15 is 0 Å². The summed E-state index contributed by atoms with van der Waals surface area (Å²) < 4.78 is 0. The number of benzene rings is 2. The van der Waals surface area contributed by atoms with E-state index < -0.39 is 16.3 Å². The SMILES string of the molecule is CC(C)(C)[P@](O)c1ccccc1.CC(C)(C)[P@](O)c1ccccc1.[Cl][Pd][Cl]. The Balaban J connectivity index is 0.000000438. The molecular weight excluding hydrogens is 511 g/mol. The zero-order valence-corrected chi connectivity index (χ0v) is 21.5. The molecule has 0 fully saturated rings. The Hall–Kier alpha value is 0.462. The third-order valence-electron chi connectivity index (χ3n) is 3.27. The Kier molecular flexibility index (Phi) is 13.9. The van der Waals surface area contributed by atoms with Crippen LogP contribution in [0.5, 0.6) is 0 Å². The molecule has 2 rings (SSSR count). The van der Waals surface area contributed by atoms with Crippen molar-refractivity contribution in [2.75, 3.05) is 0 Å². The first-order chi connectivity index (χ1) is 12.4. The van der Waals surface area contributed by atoms with Gasteiger partial charge in [-0.15, -0.1) is 0 Å². The summed E-state index contributed by atoms with van der Waals surface area (Å²) in [5, 5.41) is 2.08. The minimum atomic E-state index is -1.02. The Morgan fingerprint density at radius 1 is 0.630 bits per heavy atom. The third-order valence-corrected chi connectivity index (χ3v) is 7.39. The average molecular weight is 542 g/mol. The van der Waals surface area contributed by atoms with Gasteiger partial charge in [-0.1, -0.05) is 102 Å². The standard InChI is InChI=1S/2C10H15OP.2ClH.Pd/c2*1-10(2,3)12(11)9-7-5-4-6-8-9;;;/h2*4-8,11H,1-3H3;2*1H;/q;;;;+2/p-2/t2*12-;;;/m11.../s1. The molecule has 27 heavy (non-hydrogen) atoms.